The number of hydrogen-bond donors (Lipinski definition) is 1. The van der Waals surface area contributed by atoms with E-state index >= 15 is 0 Å². The van der Waals surface area contributed by atoms with E-state index in [4.69, 9.17) is 21.1 Å². The van der Waals surface area contributed by atoms with Crippen molar-refractivity contribution in [3.05, 3.63) is 58.6 Å². The first-order valence-electron chi connectivity index (χ1n) is 7.56. The molecule has 120 valence electrons. The van der Waals surface area contributed by atoms with Crippen molar-refractivity contribution in [2.45, 2.75) is 25.8 Å². The van der Waals surface area contributed by atoms with Crippen LogP contribution >= 0.6 is 11.6 Å². The summed E-state index contributed by atoms with van der Waals surface area (Å²) in [5.41, 5.74) is 1.97. The first kappa shape index (κ1) is 15.7. The first-order valence-corrected chi connectivity index (χ1v) is 7.93. The van der Waals surface area contributed by atoms with E-state index in [1.165, 1.54) is 0 Å². The molecule has 1 atom stereocenters. The fraction of sp³-hybridized carbons (Fsp3) is 0.278. The fourth-order valence-electron chi connectivity index (χ4n) is 2.53. The van der Waals surface area contributed by atoms with Crippen LogP contribution in [-0.4, -0.2) is 12.7 Å². The van der Waals surface area contributed by atoms with Gasteiger partial charge in [0.25, 0.3) is 0 Å². The van der Waals surface area contributed by atoms with Crippen LogP contribution in [-0.2, 0) is 11.2 Å². The van der Waals surface area contributed by atoms with Gasteiger partial charge in [0.2, 0.25) is 12.7 Å². The van der Waals surface area contributed by atoms with Crippen molar-refractivity contribution in [1.82, 2.24) is 5.32 Å². The fourth-order valence-corrected chi connectivity index (χ4v) is 2.76. The lowest BCUT2D eigenvalue weighted by molar-refractivity contribution is -0.121. The van der Waals surface area contributed by atoms with Crippen LogP contribution < -0.4 is 14.8 Å². The van der Waals surface area contributed by atoms with Crippen molar-refractivity contribution in [1.29, 1.82) is 0 Å². The lowest BCUT2D eigenvalue weighted by atomic mass is 10.1. The molecule has 1 N–H and O–H groups in total. The number of carbonyl (C=O) groups excluding carboxylic acids is 1. The molecule has 0 aliphatic carbocycles. The Morgan fingerprint density at radius 2 is 2.00 bits per heavy atom. The summed E-state index contributed by atoms with van der Waals surface area (Å²) in [7, 11) is 0. The lowest BCUT2D eigenvalue weighted by Crippen LogP contribution is -2.26. The van der Waals surface area contributed by atoms with Gasteiger partial charge in [0.15, 0.2) is 11.5 Å². The SMILES string of the molecule is CC(NC(=O)CCc1ccccc1Cl)c1ccc2c(c1)OCO2. The van der Waals surface area contributed by atoms with Gasteiger partial charge in [-0.25, -0.2) is 0 Å². The first-order chi connectivity index (χ1) is 11.1. The zero-order valence-corrected chi connectivity index (χ0v) is 13.6. The molecule has 3 rings (SSSR count). The van der Waals surface area contributed by atoms with E-state index in [-0.39, 0.29) is 18.7 Å². The molecule has 23 heavy (non-hydrogen) atoms. The maximum atomic E-state index is 12.1. The van der Waals surface area contributed by atoms with Crippen LogP contribution in [0.25, 0.3) is 0 Å². The smallest absolute Gasteiger partial charge is 0.231 e. The number of amides is 1. The Morgan fingerprint density at radius 1 is 1.22 bits per heavy atom. The summed E-state index contributed by atoms with van der Waals surface area (Å²) < 4.78 is 10.7. The Balaban J connectivity index is 1.56. The van der Waals surface area contributed by atoms with E-state index in [1.807, 2.05) is 49.4 Å². The quantitative estimate of drug-likeness (QED) is 0.904. The second-order valence-electron chi connectivity index (χ2n) is 5.49. The maximum Gasteiger partial charge on any atom is 0.231 e. The number of rotatable bonds is 5. The number of benzene rings is 2. The molecule has 0 spiro atoms. The molecular formula is C18H18ClNO3. The van der Waals surface area contributed by atoms with E-state index in [0.29, 0.717) is 17.9 Å². The number of nitrogens with one attached hydrogen (secondary N) is 1. The number of ether oxygens (including phenoxy) is 2. The Kier molecular flexibility index (Phi) is 4.72. The molecule has 1 aliphatic rings. The molecule has 1 heterocycles. The van der Waals surface area contributed by atoms with Gasteiger partial charge in [0.05, 0.1) is 6.04 Å². The summed E-state index contributed by atoms with van der Waals surface area (Å²) in [6, 6.07) is 13.2. The summed E-state index contributed by atoms with van der Waals surface area (Å²) in [5, 5.41) is 3.70. The molecule has 2 aromatic rings. The Hall–Kier alpha value is -2.20. The summed E-state index contributed by atoms with van der Waals surface area (Å²) in [6.45, 7) is 2.20. The highest BCUT2D eigenvalue weighted by atomic mass is 35.5. The molecule has 5 heteroatoms. The van der Waals surface area contributed by atoms with Gasteiger partial charge >= 0.3 is 0 Å². The van der Waals surface area contributed by atoms with Crippen molar-refractivity contribution < 1.29 is 14.3 Å². The van der Waals surface area contributed by atoms with Crippen LogP contribution in [0.4, 0.5) is 0 Å². The van der Waals surface area contributed by atoms with Gasteiger partial charge in [-0.05, 0) is 42.7 Å². The molecular weight excluding hydrogens is 314 g/mol. The highest BCUT2D eigenvalue weighted by Crippen LogP contribution is 2.34. The van der Waals surface area contributed by atoms with Gasteiger partial charge in [-0.1, -0.05) is 35.9 Å². The molecule has 0 radical (unpaired) electrons. The Morgan fingerprint density at radius 3 is 2.83 bits per heavy atom. The Labute approximate surface area is 140 Å². The van der Waals surface area contributed by atoms with Crippen molar-refractivity contribution in [3.63, 3.8) is 0 Å². The molecule has 0 fully saturated rings. The molecule has 4 nitrogen and oxygen atoms in total. The summed E-state index contributed by atoms with van der Waals surface area (Å²) >= 11 is 6.11. The summed E-state index contributed by atoms with van der Waals surface area (Å²) in [5.74, 6) is 1.46. The zero-order valence-electron chi connectivity index (χ0n) is 12.8. The average Bonchev–Trinajstić information content (AvgIpc) is 3.01. The number of halogens is 1. The van der Waals surface area contributed by atoms with Crippen LogP contribution in [0.2, 0.25) is 5.02 Å². The van der Waals surface area contributed by atoms with Crippen molar-refractivity contribution in [2.75, 3.05) is 6.79 Å². The second-order valence-corrected chi connectivity index (χ2v) is 5.90. The van der Waals surface area contributed by atoms with E-state index in [9.17, 15) is 4.79 Å². The van der Waals surface area contributed by atoms with Crippen molar-refractivity contribution in [3.8, 4) is 11.5 Å². The minimum absolute atomic E-state index is 0.00455. The predicted octanol–water partition coefficient (Wildman–Crippen LogP) is 3.88. The van der Waals surface area contributed by atoms with Crippen molar-refractivity contribution >= 4 is 17.5 Å². The normalized spacial score (nSPS) is 13.7. The van der Waals surface area contributed by atoms with Crippen molar-refractivity contribution in [2.24, 2.45) is 0 Å². The van der Waals surface area contributed by atoms with E-state index in [1.54, 1.807) is 0 Å². The average molecular weight is 332 g/mol. The minimum atomic E-state index is -0.0942. The third-order valence-electron chi connectivity index (χ3n) is 3.85. The number of carbonyl (C=O) groups is 1. The highest BCUT2D eigenvalue weighted by Gasteiger charge is 2.16. The Bertz CT molecular complexity index is 717. The third-order valence-corrected chi connectivity index (χ3v) is 4.22. The van der Waals surface area contributed by atoms with Gasteiger partial charge < -0.3 is 14.8 Å². The topological polar surface area (TPSA) is 47.6 Å². The largest absolute Gasteiger partial charge is 0.454 e. The van der Waals surface area contributed by atoms with Crippen LogP contribution in [0, 0.1) is 0 Å². The molecule has 1 aliphatic heterocycles. The van der Waals surface area contributed by atoms with Gasteiger partial charge in [0.1, 0.15) is 0 Å². The monoisotopic (exact) mass is 331 g/mol. The third kappa shape index (κ3) is 3.77. The van der Waals surface area contributed by atoms with E-state index in [2.05, 4.69) is 5.32 Å². The lowest BCUT2D eigenvalue weighted by Gasteiger charge is -2.15. The van der Waals surface area contributed by atoms with Gasteiger partial charge in [-0.15, -0.1) is 0 Å². The molecule has 0 saturated carbocycles. The molecule has 0 bridgehead atoms. The number of aryl methyl sites for hydroxylation is 1. The molecule has 2 aromatic carbocycles. The highest BCUT2D eigenvalue weighted by molar-refractivity contribution is 6.31. The minimum Gasteiger partial charge on any atom is -0.454 e. The summed E-state index contributed by atoms with van der Waals surface area (Å²) in [4.78, 5) is 12.1. The van der Waals surface area contributed by atoms with Gasteiger partial charge in [-0.3, -0.25) is 4.79 Å². The number of fused-ring (bicyclic) bond motifs is 1. The van der Waals surface area contributed by atoms with Gasteiger partial charge in [-0.2, -0.15) is 0 Å². The number of hydrogen-bond acceptors (Lipinski definition) is 3. The molecule has 1 amide bonds. The van der Waals surface area contributed by atoms with E-state index < -0.39 is 0 Å². The summed E-state index contributed by atoms with van der Waals surface area (Å²) in [6.07, 6.45) is 1.03. The van der Waals surface area contributed by atoms with Crippen LogP contribution in [0.1, 0.15) is 30.5 Å². The van der Waals surface area contributed by atoms with Gasteiger partial charge in [0, 0.05) is 11.4 Å². The van der Waals surface area contributed by atoms with Crippen LogP contribution in [0.5, 0.6) is 11.5 Å². The molecule has 1 unspecified atom stereocenters. The standard InChI is InChI=1S/C18H18ClNO3/c1-12(14-6-8-16-17(10-14)23-11-22-16)20-18(21)9-7-13-4-2-3-5-15(13)19/h2-6,8,10,12H,7,9,11H2,1H3,(H,20,21). The predicted molar refractivity (Wildman–Crippen MR) is 88.9 cm³/mol. The van der Waals surface area contributed by atoms with E-state index in [0.717, 1.165) is 22.6 Å². The zero-order chi connectivity index (χ0) is 16.2. The molecule has 0 aromatic heterocycles. The maximum absolute atomic E-state index is 12.1. The second kappa shape index (κ2) is 6.92. The van der Waals surface area contributed by atoms with Crippen LogP contribution in [0.15, 0.2) is 42.5 Å². The van der Waals surface area contributed by atoms with Crippen LogP contribution in [0.3, 0.4) is 0 Å². The molecule has 0 saturated heterocycles.